The average molecular weight is 367 g/mol. The molecule has 0 saturated carbocycles. The fourth-order valence-electron chi connectivity index (χ4n) is 2.64. The van der Waals surface area contributed by atoms with Crippen molar-refractivity contribution in [3.8, 4) is 11.5 Å². The molecular weight excluding hydrogens is 348 g/mol. The van der Waals surface area contributed by atoms with Crippen molar-refractivity contribution < 1.29 is 14.3 Å². The first kappa shape index (κ1) is 18.0. The lowest BCUT2D eigenvalue weighted by molar-refractivity contribution is 0.108. The molecule has 0 spiro atoms. The summed E-state index contributed by atoms with van der Waals surface area (Å²) in [6.07, 6.45) is 0. The van der Waals surface area contributed by atoms with Gasteiger partial charge in [-0.1, -0.05) is 60.7 Å². The maximum Gasteiger partial charge on any atom is 0.252 e. The van der Waals surface area contributed by atoms with E-state index in [-0.39, 0.29) is 0 Å². The van der Waals surface area contributed by atoms with Crippen LogP contribution in [0.4, 0.5) is 0 Å². The molecule has 3 aromatic rings. The Morgan fingerprint density at radius 2 is 1.35 bits per heavy atom. The van der Waals surface area contributed by atoms with E-state index in [9.17, 15) is 4.79 Å². The number of benzene rings is 3. The second-order valence-electron chi connectivity index (χ2n) is 5.89. The Morgan fingerprint density at radius 1 is 0.808 bits per heavy atom. The van der Waals surface area contributed by atoms with Crippen LogP contribution in [0.15, 0.2) is 72.8 Å². The first-order valence-corrected chi connectivity index (χ1v) is 8.70. The van der Waals surface area contributed by atoms with Crippen molar-refractivity contribution in [2.24, 2.45) is 0 Å². The third-order valence-corrected chi connectivity index (χ3v) is 4.25. The van der Waals surface area contributed by atoms with E-state index < -0.39 is 5.24 Å². The summed E-state index contributed by atoms with van der Waals surface area (Å²) < 4.78 is 11.9. The van der Waals surface area contributed by atoms with Gasteiger partial charge in [0.2, 0.25) is 0 Å². The van der Waals surface area contributed by atoms with Crippen molar-refractivity contribution in [2.45, 2.75) is 20.1 Å². The first-order valence-electron chi connectivity index (χ1n) is 8.32. The van der Waals surface area contributed by atoms with Gasteiger partial charge in [0, 0.05) is 11.1 Å². The Hall–Kier alpha value is -2.78. The molecule has 0 aliphatic rings. The van der Waals surface area contributed by atoms with Crippen molar-refractivity contribution >= 4 is 16.8 Å². The van der Waals surface area contributed by atoms with Crippen molar-refractivity contribution in [3.63, 3.8) is 0 Å². The zero-order valence-electron chi connectivity index (χ0n) is 14.4. The maximum absolute atomic E-state index is 11.7. The van der Waals surface area contributed by atoms with Gasteiger partial charge in [-0.2, -0.15) is 0 Å². The summed E-state index contributed by atoms with van der Waals surface area (Å²) >= 11 is 5.69. The van der Waals surface area contributed by atoms with E-state index in [2.05, 4.69) is 0 Å². The van der Waals surface area contributed by atoms with Gasteiger partial charge < -0.3 is 9.47 Å². The molecule has 4 heteroatoms. The minimum absolute atomic E-state index is 0.378. The number of hydrogen-bond acceptors (Lipinski definition) is 3. The molecule has 26 heavy (non-hydrogen) atoms. The zero-order chi connectivity index (χ0) is 18.4. The van der Waals surface area contributed by atoms with Crippen molar-refractivity contribution in [2.75, 3.05) is 0 Å². The van der Waals surface area contributed by atoms with Crippen molar-refractivity contribution in [1.82, 2.24) is 0 Å². The molecule has 0 aromatic heterocycles. The van der Waals surface area contributed by atoms with Crippen LogP contribution in [0, 0.1) is 6.92 Å². The molecule has 0 amide bonds. The molecule has 0 unspecified atom stereocenters. The monoisotopic (exact) mass is 366 g/mol. The van der Waals surface area contributed by atoms with E-state index in [1.807, 2.05) is 67.6 Å². The lowest BCUT2D eigenvalue weighted by atomic mass is 10.1. The Kier molecular flexibility index (Phi) is 5.92. The highest BCUT2D eigenvalue weighted by Gasteiger charge is 2.16. The Bertz CT molecular complexity index is 877. The molecule has 0 bridgehead atoms. The van der Waals surface area contributed by atoms with Crippen LogP contribution in [-0.4, -0.2) is 5.24 Å². The molecule has 0 heterocycles. The lowest BCUT2D eigenvalue weighted by Crippen LogP contribution is -2.05. The molecule has 0 fully saturated rings. The van der Waals surface area contributed by atoms with Gasteiger partial charge in [-0.05, 0) is 41.8 Å². The quantitative estimate of drug-likeness (QED) is 0.515. The number of ether oxygens (including phenoxy) is 2. The zero-order valence-corrected chi connectivity index (χ0v) is 15.2. The van der Waals surface area contributed by atoms with Crippen LogP contribution in [0.25, 0.3) is 0 Å². The fourth-order valence-corrected chi connectivity index (χ4v) is 2.84. The number of rotatable bonds is 7. The Labute approximate surface area is 158 Å². The summed E-state index contributed by atoms with van der Waals surface area (Å²) in [6.45, 7) is 2.60. The maximum atomic E-state index is 11.7. The van der Waals surface area contributed by atoms with Gasteiger partial charge >= 0.3 is 0 Å². The average Bonchev–Trinajstić information content (AvgIpc) is 2.67. The molecule has 0 aliphatic carbocycles. The second-order valence-corrected chi connectivity index (χ2v) is 6.23. The van der Waals surface area contributed by atoms with E-state index in [4.69, 9.17) is 21.1 Å². The van der Waals surface area contributed by atoms with E-state index >= 15 is 0 Å². The van der Waals surface area contributed by atoms with E-state index in [0.29, 0.717) is 35.8 Å². The number of halogens is 1. The van der Waals surface area contributed by atoms with Gasteiger partial charge in [0.1, 0.15) is 13.2 Å². The molecule has 0 saturated heterocycles. The van der Waals surface area contributed by atoms with Crippen LogP contribution < -0.4 is 9.47 Å². The highest BCUT2D eigenvalue weighted by atomic mass is 35.5. The van der Waals surface area contributed by atoms with Gasteiger partial charge in [-0.15, -0.1) is 0 Å². The minimum atomic E-state index is -0.512. The van der Waals surface area contributed by atoms with Crippen LogP contribution in [0.2, 0.25) is 0 Å². The topological polar surface area (TPSA) is 35.5 Å². The van der Waals surface area contributed by atoms with Gasteiger partial charge in [0.25, 0.3) is 5.24 Å². The van der Waals surface area contributed by atoms with E-state index in [0.717, 1.165) is 11.1 Å². The minimum Gasteiger partial charge on any atom is -0.485 e. The van der Waals surface area contributed by atoms with Crippen LogP contribution >= 0.6 is 11.6 Å². The molecule has 0 atom stereocenters. The SMILES string of the molecule is Cc1c(C(=O)Cl)ccc(OCc2ccccc2)c1OCc1ccccc1. The van der Waals surface area contributed by atoms with E-state index in [1.54, 1.807) is 12.1 Å². The molecule has 0 aliphatic heterocycles. The fraction of sp³-hybridized carbons (Fsp3) is 0.136. The highest BCUT2D eigenvalue weighted by molar-refractivity contribution is 6.68. The summed E-state index contributed by atoms with van der Waals surface area (Å²) in [7, 11) is 0. The molecule has 0 radical (unpaired) electrons. The Balaban J connectivity index is 1.84. The van der Waals surface area contributed by atoms with E-state index in [1.165, 1.54) is 0 Å². The predicted octanol–water partition coefficient (Wildman–Crippen LogP) is 5.53. The number of carbonyl (C=O) groups is 1. The lowest BCUT2D eigenvalue weighted by Gasteiger charge is -2.17. The van der Waals surface area contributed by atoms with Crippen molar-refractivity contribution in [3.05, 3.63) is 95.1 Å². The summed E-state index contributed by atoms with van der Waals surface area (Å²) in [5.74, 6) is 1.13. The van der Waals surface area contributed by atoms with Crippen LogP contribution in [-0.2, 0) is 13.2 Å². The summed E-state index contributed by atoms with van der Waals surface area (Å²) in [5, 5.41) is -0.512. The second kappa shape index (κ2) is 8.54. The smallest absolute Gasteiger partial charge is 0.252 e. The Morgan fingerprint density at radius 3 is 1.88 bits per heavy atom. The third-order valence-electron chi connectivity index (χ3n) is 4.04. The van der Waals surface area contributed by atoms with Gasteiger partial charge in [-0.25, -0.2) is 0 Å². The molecule has 3 nitrogen and oxygen atoms in total. The molecule has 0 N–H and O–H groups in total. The van der Waals surface area contributed by atoms with Gasteiger partial charge in [0.15, 0.2) is 11.5 Å². The molecule has 3 aromatic carbocycles. The largest absolute Gasteiger partial charge is 0.485 e. The highest BCUT2D eigenvalue weighted by Crippen LogP contribution is 2.35. The van der Waals surface area contributed by atoms with Gasteiger partial charge in [-0.3, -0.25) is 4.79 Å². The van der Waals surface area contributed by atoms with Crippen LogP contribution in [0.5, 0.6) is 11.5 Å². The normalized spacial score (nSPS) is 10.4. The first-order chi connectivity index (χ1) is 12.6. The van der Waals surface area contributed by atoms with Gasteiger partial charge in [0.05, 0.1) is 0 Å². The summed E-state index contributed by atoms with van der Waals surface area (Å²) in [6, 6.07) is 23.1. The van der Waals surface area contributed by atoms with Crippen molar-refractivity contribution in [1.29, 1.82) is 0 Å². The predicted molar refractivity (Wildman–Crippen MR) is 103 cm³/mol. The third kappa shape index (κ3) is 4.44. The summed E-state index contributed by atoms with van der Waals surface area (Å²) in [4.78, 5) is 11.7. The molecule has 3 rings (SSSR count). The number of hydrogen-bond donors (Lipinski definition) is 0. The molecule has 132 valence electrons. The summed E-state index contributed by atoms with van der Waals surface area (Å²) in [5.41, 5.74) is 3.17. The number of carbonyl (C=O) groups excluding carboxylic acids is 1. The van der Waals surface area contributed by atoms with Crippen LogP contribution in [0.3, 0.4) is 0 Å². The standard InChI is InChI=1S/C22H19ClO3/c1-16-19(22(23)24)12-13-20(25-14-17-8-4-2-5-9-17)21(16)26-15-18-10-6-3-7-11-18/h2-13H,14-15H2,1H3. The van der Waals surface area contributed by atoms with Crippen LogP contribution in [0.1, 0.15) is 27.0 Å². The molecular formula is C22H19ClO3.